The van der Waals surface area contributed by atoms with E-state index in [2.05, 4.69) is 5.32 Å². The number of nitrogens with one attached hydrogen (secondary N) is 1. The lowest BCUT2D eigenvalue weighted by Crippen LogP contribution is -2.32. The van der Waals surface area contributed by atoms with Crippen molar-refractivity contribution in [3.63, 3.8) is 0 Å². The standard InChI is InChI=1S/C20H16FNO3S/c21-16-7-5-15(6-8-16)20(18-2-1-11-26-18)22-19(24)13-25-17-9-3-14(12-23)4-10-17/h1-12,20H,13H2,(H,22,24). The van der Waals surface area contributed by atoms with Crippen molar-refractivity contribution in [2.75, 3.05) is 6.61 Å². The lowest BCUT2D eigenvalue weighted by molar-refractivity contribution is -0.123. The van der Waals surface area contributed by atoms with Crippen LogP contribution in [0.5, 0.6) is 5.75 Å². The molecule has 1 amide bonds. The zero-order chi connectivity index (χ0) is 18.4. The number of ether oxygens (including phenoxy) is 1. The van der Waals surface area contributed by atoms with Gasteiger partial charge in [-0.05, 0) is 53.4 Å². The number of thiophene rings is 1. The van der Waals surface area contributed by atoms with Crippen LogP contribution in [0.3, 0.4) is 0 Å². The lowest BCUT2D eigenvalue weighted by atomic mass is 10.1. The Morgan fingerprint density at radius 1 is 1.12 bits per heavy atom. The molecule has 1 heterocycles. The second kappa shape index (κ2) is 8.40. The summed E-state index contributed by atoms with van der Waals surface area (Å²) in [6.45, 7) is -0.163. The van der Waals surface area contributed by atoms with Crippen LogP contribution >= 0.6 is 11.3 Å². The van der Waals surface area contributed by atoms with Gasteiger partial charge in [0.2, 0.25) is 0 Å². The molecular formula is C20H16FNO3S. The molecule has 0 aliphatic heterocycles. The maximum absolute atomic E-state index is 13.2. The summed E-state index contributed by atoms with van der Waals surface area (Å²) < 4.78 is 18.6. The van der Waals surface area contributed by atoms with Crippen molar-refractivity contribution in [1.29, 1.82) is 0 Å². The highest BCUT2D eigenvalue weighted by Crippen LogP contribution is 2.26. The van der Waals surface area contributed by atoms with Crippen molar-refractivity contribution in [2.45, 2.75) is 6.04 Å². The van der Waals surface area contributed by atoms with Crippen molar-refractivity contribution in [3.8, 4) is 5.75 Å². The molecule has 0 aliphatic carbocycles. The maximum Gasteiger partial charge on any atom is 0.258 e. The monoisotopic (exact) mass is 369 g/mol. The normalized spacial score (nSPS) is 11.6. The molecular weight excluding hydrogens is 353 g/mol. The zero-order valence-electron chi connectivity index (χ0n) is 13.7. The quantitative estimate of drug-likeness (QED) is 0.641. The summed E-state index contributed by atoms with van der Waals surface area (Å²) in [7, 11) is 0. The Morgan fingerprint density at radius 3 is 2.46 bits per heavy atom. The van der Waals surface area contributed by atoms with Crippen molar-refractivity contribution in [2.24, 2.45) is 0 Å². The fraction of sp³-hybridized carbons (Fsp3) is 0.100. The molecule has 0 saturated carbocycles. The average molecular weight is 369 g/mol. The second-order valence-electron chi connectivity index (χ2n) is 5.54. The minimum Gasteiger partial charge on any atom is -0.484 e. The Balaban J connectivity index is 1.67. The van der Waals surface area contributed by atoms with E-state index in [1.54, 1.807) is 36.4 Å². The highest BCUT2D eigenvalue weighted by molar-refractivity contribution is 7.10. The van der Waals surface area contributed by atoms with Gasteiger partial charge >= 0.3 is 0 Å². The summed E-state index contributed by atoms with van der Waals surface area (Å²) in [5.41, 5.74) is 1.33. The van der Waals surface area contributed by atoms with Crippen LogP contribution in [0.1, 0.15) is 26.8 Å². The molecule has 0 aliphatic rings. The molecule has 6 heteroatoms. The minimum atomic E-state index is -0.371. The molecule has 0 spiro atoms. The number of benzene rings is 2. The summed E-state index contributed by atoms with van der Waals surface area (Å²) >= 11 is 1.51. The first kappa shape index (κ1) is 17.8. The van der Waals surface area contributed by atoms with E-state index in [-0.39, 0.29) is 24.4 Å². The van der Waals surface area contributed by atoms with Gasteiger partial charge < -0.3 is 10.1 Å². The molecule has 1 aromatic heterocycles. The number of carbonyl (C=O) groups excluding carboxylic acids is 2. The Bertz CT molecular complexity index is 861. The number of hydrogen-bond donors (Lipinski definition) is 1. The summed E-state index contributed by atoms with van der Waals surface area (Å²) in [4.78, 5) is 23.9. The topological polar surface area (TPSA) is 55.4 Å². The van der Waals surface area contributed by atoms with Gasteiger partial charge in [0.05, 0.1) is 6.04 Å². The smallest absolute Gasteiger partial charge is 0.258 e. The third-order valence-electron chi connectivity index (χ3n) is 3.72. The first-order valence-electron chi connectivity index (χ1n) is 7.92. The van der Waals surface area contributed by atoms with Crippen LogP contribution in [0.4, 0.5) is 4.39 Å². The van der Waals surface area contributed by atoms with E-state index in [0.717, 1.165) is 16.7 Å². The van der Waals surface area contributed by atoms with Gasteiger partial charge in [0, 0.05) is 10.4 Å². The number of aldehydes is 1. The number of rotatable bonds is 7. The maximum atomic E-state index is 13.2. The first-order chi connectivity index (χ1) is 12.7. The lowest BCUT2D eigenvalue weighted by Gasteiger charge is -2.18. The molecule has 4 nitrogen and oxygen atoms in total. The van der Waals surface area contributed by atoms with Crippen molar-refractivity contribution in [3.05, 3.63) is 87.9 Å². The molecule has 26 heavy (non-hydrogen) atoms. The molecule has 1 N–H and O–H groups in total. The predicted molar refractivity (Wildman–Crippen MR) is 98.0 cm³/mol. The fourth-order valence-electron chi connectivity index (χ4n) is 2.42. The number of amides is 1. The third-order valence-corrected chi connectivity index (χ3v) is 4.66. The Labute approximate surface area is 154 Å². The molecule has 0 saturated heterocycles. The van der Waals surface area contributed by atoms with Gasteiger partial charge in [-0.2, -0.15) is 0 Å². The zero-order valence-corrected chi connectivity index (χ0v) is 14.5. The SMILES string of the molecule is O=Cc1ccc(OCC(=O)NC(c2ccc(F)cc2)c2cccs2)cc1. The van der Waals surface area contributed by atoms with Crippen LogP contribution in [0, 0.1) is 5.82 Å². The molecule has 1 unspecified atom stereocenters. The summed E-state index contributed by atoms with van der Waals surface area (Å²) in [5.74, 6) is -0.125. The van der Waals surface area contributed by atoms with Gasteiger partial charge in [-0.15, -0.1) is 11.3 Å². The van der Waals surface area contributed by atoms with Crippen molar-refractivity contribution in [1.82, 2.24) is 5.32 Å². The van der Waals surface area contributed by atoms with Gasteiger partial charge in [-0.1, -0.05) is 18.2 Å². The van der Waals surface area contributed by atoms with Crippen LogP contribution in [0.15, 0.2) is 66.0 Å². The van der Waals surface area contributed by atoms with Crippen molar-refractivity contribution >= 4 is 23.5 Å². The average Bonchev–Trinajstić information content (AvgIpc) is 3.20. The van der Waals surface area contributed by atoms with E-state index in [1.165, 1.54) is 23.5 Å². The van der Waals surface area contributed by atoms with Crippen LogP contribution in [-0.2, 0) is 4.79 Å². The predicted octanol–water partition coefficient (Wildman–Crippen LogP) is 3.98. The molecule has 3 aromatic rings. The first-order valence-corrected chi connectivity index (χ1v) is 8.80. The number of halogens is 1. The molecule has 0 bridgehead atoms. The molecule has 0 fully saturated rings. The molecule has 0 radical (unpaired) electrons. The largest absolute Gasteiger partial charge is 0.484 e. The molecule has 3 rings (SSSR count). The van der Waals surface area contributed by atoms with Gasteiger partial charge in [-0.3, -0.25) is 9.59 Å². The minimum absolute atomic E-state index is 0.163. The number of carbonyl (C=O) groups is 2. The fourth-order valence-corrected chi connectivity index (χ4v) is 3.23. The van der Waals surface area contributed by atoms with Gasteiger partial charge in [0.15, 0.2) is 6.61 Å². The van der Waals surface area contributed by atoms with Crippen molar-refractivity contribution < 1.29 is 18.7 Å². The number of hydrogen-bond acceptors (Lipinski definition) is 4. The Kier molecular flexibility index (Phi) is 5.76. The highest BCUT2D eigenvalue weighted by atomic mass is 32.1. The third kappa shape index (κ3) is 4.55. The van der Waals surface area contributed by atoms with Crippen LogP contribution in [0.2, 0.25) is 0 Å². The molecule has 1 atom stereocenters. The Morgan fingerprint density at radius 2 is 1.85 bits per heavy atom. The summed E-state index contributed by atoms with van der Waals surface area (Å²) in [5, 5.41) is 4.84. The van der Waals surface area contributed by atoms with Crippen LogP contribution in [0.25, 0.3) is 0 Å². The Hall–Kier alpha value is -2.99. The van der Waals surface area contributed by atoms with E-state index in [4.69, 9.17) is 4.74 Å². The van der Waals surface area contributed by atoms with E-state index >= 15 is 0 Å². The van der Waals surface area contributed by atoms with E-state index < -0.39 is 0 Å². The highest BCUT2D eigenvalue weighted by Gasteiger charge is 2.18. The van der Waals surface area contributed by atoms with E-state index in [1.807, 2.05) is 17.5 Å². The second-order valence-corrected chi connectivity index (χ2v) is 6.52. The van der Waals surface area contributed by atoms with Crippen LogP contribution < -0.4 is 10.1 Å². The summed E-state index contributed by atoms with van der Waals surface area (Å²) in [6, 6.07) is 16.0. The molecule has 2 aromatic carbocycles. The van der Waals surface area contributed by atoms with Gasteiger partial charge in [-0.25, -0.2) is 4.39 Å². The van der Waals surface area contributed by atoms with Gasteiger partial charge in [0.1, 0.15) is 17.9 Å². The van der Waals surface area contributed by atoms with Gasteiger partial charge in [0.25, 0.3) is 5.91 Å². The summed E-state index contributed by atoms with van der Waals surface area (Å²) in [6.07, 6.45) is 0.741. The molecule has 132 valence electrons. The van der Waals surface area contributed by atoms with Crippen LogP contribution in [-0.4, -0.2) is 18.8 Å². The van der Waals surface area contributed by atoms with E-state index in [0.29, 0.717) is 11.3 Å². The van der Waals surface area contributed by atoms with E-state index in [9.17, 15) is 14.0 Å².